The van der Waals surface area contributed by atoms with Gasteiger partial charge in [0.1, 0.15) is 5.82 Å². The van der Waals surface area contributed by atoms with Gasteiger partial charge in [-0.1, -0.05) is 26.8 Å². The molecule has 3 unspecified atom stereocenters. The Kier molecular flexibility index (Phi) is 5.03. The van der Waals surface area contributed by atoms with Gasteiger partial charge in [0.15, 0.2) is 0 Å². The summed E-state index contributed by atoms with van der Waals surface area (Å²) < 4.78 is 14.3. The third kappa shape index (κ3) is 3.14. The summed E-state index contributed by atoms with van der Waals surface area (Å²) in [5.74, 6) is 1.32. The Labute approximate surface area is 122 Å². The minimum absolute atomic E-state index is 0.0471. The zero-order valence-corrected chi connectivity index (χ0v) is 13.1. The number of benzene rings is 1. The van der Waals surface area contributed by atoms with Gasteiger partial charge in [-0.05, 0) is 43.9 Å². The number of hydrogen-bond donors (Lipinski definition) is 1. The fourth-order valence-corrected chi connectivity index (χ4v) is 3.12. The third-order valence-electron chi connectivity index (χ3n) is 4.65. The highest BCUT2D eigenvalue weighted by atomic mass is 19.1. The molecule has 0 aliphatic carbocycles. The molecule has 0 spiro atoms. The standard InChI is InChI=1S/C17H27FN2/c1-5-19-14(4)17-15(18)7-6-8-16(17)20-10-9-12(2)13(3)11-20/h6-8,12-14,19H,5,9-11H2,1-4H3. The minimum atomic E-state index is -0.0952. The summed E-state index contributed by atoms with van der Waals surface area (Å²) >= 11 is 0. The quantitative estimate of drug-likeness (QED) is 0.896. The molecule has 3 heteroatoms. The van der Waals surface area contributed by atoms with Crippen LogP contribution in [0.4, 0.5) is 10.1 Å². The highest BCUT2D eigenvalue weighted by Crippen LogP contribution is 2.33. The largest absolute Gasteiger partial charge is 0.371 e. The molecular formula is C17H27FN2. The van der Waals surface area contributed by atoms with E-state index in [1.54, 1.807) is 6.07 Å². The highest BCUT2D eigenvalue weighted by Gasteiger charge is 2.26. The molecule has 1 fully saturated rings. The molecule has 1 heterocycles. The predicted octanol–water partition coefficient (Wildman–Crippen LogP) is 3.98. The van der Waals surface area contributed by atoms with Crippen LogP contribution in [-0.4, -0.2) is 19.6 Å². The molecule has 112 valence electrons. The molecule has 3 atom stereocenters. The van der Waals surface area contributed by atoms with Gasteiger partial charge in [-0.15, -0.1) is 0 Å². The van der Waals surface area contributed by atoms with E-state index in [-0.39, 0.29) is 11.9 Å². The fourth-order valence-electron chi connectivity index (χ4n) is 3.12. The van der Waals surface area contributed by atoms with Crippen molar-refractivity contribution in [3.05, 3.63) is 29.6 Å². The van der Waals surface area contributed by atoms with Crippen LogP contribution >= 0.6 is 0 Å². The predicted molar refractivity (Wildman–Crippen MR) is 83.6 cm³/mol. The van der Waals surface area contributed by atoms with E-state index < -0.39 is 0 Å². The molecule has 2 nitrogen and oxygen atoms in total. The molecule has 0 bridgehead atoms. The second kappa shape index (κ2) is 6.57. The monoisotopic (exact) mass is 278 g/mol. The normalized spacial score (nSPS) is 24.8. The van der Waals surface area contributed by atoms with Gasteiger partial charge >= 0.3 is 0 Å². The number of nitrogens with one attached hydrogen (secondary N) is 1. The maximum absolute atomic E-state index is 14.3. The number of nitrogens with zero attached hydrogens (tertiary/aromatic N) is 1. The van der Waals surface area contributed by atoms with Crippen LogP contribution in [0.3, 0.4) is 0 Å². The van der Waals surface area contributed by atoms with Crippen LogP contribution in [0.2, 0.25) is 0 Å². The molecule has 1 aromatic rings. The Balaban J connectivity index is 2.29. The Morgan fingerprint density at radius 3 is 2.75 bits per heavy atom. The van der Waals surface area contributed by atoms with Crippen molar-refractivity contribution in [2.75, 3.05) is 24.5 Å². The van der Waals surface area contributed by atoms with Crippen LogP contribution < -0.4 is 10.2 Å². The van der Waals surface area contributed by atoms with Crippen LogP contribution in [0.25, 0.3) is 0 Å². The van der Waals surface area contributed by atoms with E-state index in [0.29, 0.717) is 5.92 Å². The van der Waals surface area contributed by atoms with Crippen molar-refractivity contribution >= 4 is 5.69 Å². The first-order valence-electron chi connectivity index (χ1n) is 7.81. The maximum Gasteiger partial charge on any atom is 0.130 e. The topological polar surface area (TPSA) is 15.3 Å². The molecular weight excluding hydrogens is 251 g/mol. The zero-order valence-electron chi connectivity index (χ0n) is 13.1. The highest BCUT2D eigenvalue weighted by molar-refractivity contribution is 5.56. The van der Waals surface area contributed by atoms with Gasteiger partial charge in [0.2, 0.25) is 0 Å². The summed E-state index contributed by atoms with van der Waals surface area (Å²) in [6.45, 7) is 11.6. The SMILES string of the molecule is CCNC(C)c1c(F)cccc1N1CCC(C)C(C)C1. The minimum Gasteiger partial charge on any atom is -0.371 e. The molecule has 1 aliphatic rings. The second-order valence-electron chi connectivity index (χ2n) is 6.14. The van der Waals surface area contributed by atoms with Crippen molar-refractivity contribution in [1.29, 1.82) is 0 Å². The van der Waals surface area contributed by atoms with Gasteiger partial charge < -0.3 is 10.2 Å². The number of hydrogen-bond acceptors (Lipinski definition) is 2. The lowest BCUT2D eigenvalue weighted by molar-refractivity contribution is 0.323. The van der Waals surface area contributed by atoms with Gasteiger partial charge in [-0.2, -0.15) is 0 Å². The molecule has 1 saturated heterocycles. The summed E-state index contributed by atoms with van der Waals surface area (Å²) in [5.41, 5.74) is 1.88. The molecule has 1 aromatic carbocycles. The van der Waals surface area contributed by atoms with Gasteiger partial charge in [-0.25, -0.2) is 4.39 Å². The van der Waals surface area contributed by atoms with Crippen LogP contribution in [0.5, 0.6) is 0 Å². The Morgan fingerprint density at radius 1 is 1.35 bits per heavy atom. The lowest BCUT2D eigenvalue weighted by atomic mass is 9.88. The van der Waals surface area contributed by atoms with Crippen molar-refractivity contribution in [3.63, 3.8) is 0 Å². The Morgan fingerprint density at radius 2 is 2.10 bits per heavy atom. The van der Waals surface area contributed by atoms with Crippen molar-refractivity contribution in [2.24, 2.45) is 11.8 Å². The number of halogens is 1. The molecule has 1 aliphatic heterocycles. The van der Waals surface area contributed by atoms with Crippen LogP contribution in [-0.2, 0) is 0 Å². The first-order valence-corrected chi connectivity index (χ1v) is 7.81. The average molecular weight is 278 g/mol. The molecule has 1 N–H and O–H groups in total. The van der Waals surface area contributed by atoms with E-state index >= 15 is 0 Å². The Bertz CT molecular complexity index is 447. The van der Waals surface area contributed by atoms with Crippen LogP contribution in [0.15, 0.2) is 18.2 Å². The summed E-state index contributed by atoms with van der Waals surface area (Å²) in [4.78, 5) is 2.36. The molecule has 2 rings (SSSR count). The summed E-state index contributed by atoms with van der Waals surface area (Å²) in [6, 6.07) is 5.51. The summed E-state index contributed by atoms with van der Waals surface area (Å²) in [6.07, 6.45) is 1.19. The van der Waals surface area contributed by atoms with Gasteiger partial charge in [0.05, 0.1) is 0 Å². The van der Waals surface area contributed by atoms with Gasteiger partial charge in [0.25, 0.3) is 0 Å². The molecule has 0 radical (unpaired) electrons. The lowest BCUT2D eigenvalue weighted by Crippen LogP contribution is -2.39. The number of piperidine rings is 1. The smallest absolute Gasteiger partial charge is 0.130 e. The average Bonchev–Trinajstić information content (AvgIpc) is 2.41. The second-order valence-corrected chi connectivity index (χ2v) is 6.14. The van der Waals surface area contributed by atoms with Crippen LogP contribution in [0.1, 0.15) is 45.7 Å². The molecule has 0 amide bonds. The summed E-state index contributed by atoms with van der Waals surface area (Å²) in [7, 11) is 0. The first-order chi connectivity index (χ1) is 9.54. The van der Waals surface area contributed by atoms with Gasteiger partial charge in [0, 0.05) is 30.4 Å². The molecule has 0 aromatic heterocycles. The Hall–Kier alpha value is -1.09. The van der Waals surface area contributed by atoms with E-state index in [2.05, 4.69) is 37.1 Å². The van der Waals surface area contributed by atoms with Gasteiger partial charge in [-0.3, -0.25) is 0 Å². The van der Waals surface area contributed by atoms with Crippen LogP contribution in [0, 0.1) is 17.7 Å². The van der Waals surface area contributed by atoms with E-state index in [0.717, 1.165) is 36.8 Å². The van der Waals surface area contributed by atoms with E-state index in [9.17, 15) is 4.39 Å². The van der Waals surface area contributed by atoms with Crippen molar-refractivity contribution < 1.29 is 4.39 Å². The van der Waals surface area contributed by atoms with Crippen molar-refractivity contribution in [3.8, 4) is 0 Å². The zero-order chi connectivity index (χ0) is 14.7. The van der Waals surface area contributed by atoms with E-state index in [4.69, 9.17) is 0 Å². The molecule has 20 heavy (non-hydrogen) atoms. The first kappa shape index (κ1) is 15.3. The summed E-state index contributed by atoms with van der Waals surface area (Å²) in [5, 5.41) is 3.34. The third-order valence-corrected chi connectivity index (χ3v) is 4.65. The van der Waals surface area contributed by atoms with Crippen molar-refractivity contribution in [2.45, 2.75) is 40.2 Å². The maximum atomic E-state index is 14.3. The lowest BCUT2D eigenvalue weighted by Gasteiger charge is -2.38. The number of anilines is 1. The van der Waals surface area contributed by atoms with E-state index in [1.807, 2.05) is 13.0 Å². The van der Waals surface area contributed by atoms with Crippen molar-refractivity contribution in [1.82, 2.24) is 5.32 Å². The molecule has 0 saturated carbocycles. The number of rotatable bonds is 4. The fraction of sp³-hybridized carbons (Fsp3) is 0.647. The van der Waals surface area contributed by atoms with E-state index in [1.165, 1.54) is 6.42 Å².